The molecule has 0 unspecified atom stereocenters. The second-order valence-electron chi connectivity index (χ2n) is 9.46. The van der Waals surface area contributed by atoms with Gasteiger partial charge in [0.1, 0.15) is 5.75 Å². The van der Waals surface area contributed by atoms with Gasteiger partial charge < -0.3 is 14.5 Å². The molecule has 8 nitrogen and oxygen atoms in total. The van der Waals surface area contributed by atoms with Crippen molar-refractivity contribution in [2.24, 2.45) is 5.41 Å². The van der Waals surface area contributed by atoms with Gasteiger partial charge in [-0.2, -0.15) is 0 Å². The molecule has 0 atom stereocenters. The molecule has 1 aromatic carbocycles. The van der Waals surface area contributed by atoms with E-state index in [0.29, 0.717) is 36.8 Å². The highest BCUT2D eigenvalue weighted by molar-refractivity contribution is 7.90. The predicted molar refractivity (Wildman–Crippen MR) is 129 cm³/mol. The average Bonchev–Trinajstić information content (AvgIpc) is 3.21. The van der Waals surface area contributed by atoms with E-state index in [4.69, 9.17) is 4.74 Å². The molecule has 2 aromatic rings. The van der Waals surface area contributed by atoms with E-state index in [9.17, 15) is 18.0 Å². The molecule has 10 heteroatoms. The van der Waals surface area contributed by atoms with Crippen molar-refractivity contribution in [1.82, 2.24) is 9.88 Å². The van der Waals surface area contributed by atoms with E-state index in [0.717, 1.165) is 11.4 Å². The summed E-state index contributed by atoms with van der Waals surface area (Å²) >= 11 is 1.37. The van der Waals surface area contributed by atoms with Gasteiger partial charge >= 0.3 is 0 Å². The van der Waals surface area contributed by atoms with E-state index in [2.05, 4.69) is 9.88 Å². The Morgan fingerprint density at radius 3 is 2.30 bits per heavy atom. The van der Waals surface area contributed by atoms with Gasteiger partial charge in [-0.1, -0.05) is 32.1 Å². The summed E-state index contributed by atoms with van der Waals surface area (Å²) in [4.78, 5) is 34.7. The lowest BCUT2D eigenvalue weighted by atomic mass is 9.90. The van der Waals surface area contributed by atoms with Crippen molar-refractivity contribution in [1.29, 1.82) is 0 Å². The zero-order valence-corrected chi connectivity index (χ0v) is 21.5. The van der Waals surface area contributed by atoms with E-state index in [1.54, 1.807) is 17.2 Å². The Bertz CT molecular complexity index is 1140. The molecule has 0 saturated carbocycles. The van der Waals surface area contributed by atoms with Crippen molar-refractivity contribution in [3.05, 3.63) is 34.8 Å². The van der Waals surface area contributed by atoms with E-state index in [1.807, 2.05) is 34.6 Å². The molecule has 1 saturated heterocycles. The quantitative estimate of drug-likeness (QED) is 0.568. The number of anilines is 1. The molecule has 3 rings (SSSR count). The lowest BCUT2D eigenvalue weighted by Gasteiger charge is -2.35. The highest BCUT2D eigenvalue weighted by atomic mass is 32.2. The van der Waals surface area contributed by atoms with E-state index >= 15 is 0 Å². The summed E-state index contributed by atoms with van der Waals surface area (Å²) in [6.07, 6.45) is 2.58. The minimum Gasteiger partial charge on any atom is -0.490 e. The number of Topliss-reactive ketones (excluding diaryl/α,β-unsaturated/α-hetero) is 1. The Morgan fingerprint density at radius 1 is 1.12 bits per heavy atom. The summed E-state index contributed by atoms with van der Waals surface area (Å²) in [5.74, 6) is 0.164. The van der Waals surface area contributed by atoms with Gasteiger partial charge in [-0.15, -0.1) is 0 Å². The molecule has 1 aliphatic rings. The smallest absolute Gasteiger partial charge is 0.257 e. The number of nitrogens with zero attached hydrogens (tertiary/aromatic N) is 3. The summed E-state index contributed by atoms with van der Waals surface area (Å²) in [5.41, 5.74) is -0.224. The van der Waals surface area contributed by atoms with Crippen LogP contribution >= 0.6 is 11.3 Å². The number of hydrogen-bond donors (Lipinski definition) is 0. The van der Waals surface area contributed by atoms with Gasteiger partial charge in [0.15, 0.2) is 20.8 Å². The number of hydrogen-bond acceptors (Lipinski definition) is 8. The summed E-state index contributed by atoms with van der Waals surface area (Å²) < 4.78 is 29.8. The molecular formula is C23H31N3O5S2. The Kier molecular flexibility index (Phi) is 7.18. The monoisotopic (exact) mass is 493 g/mol. The van der Waals surface area contributed by atoms with Crippen LogP contribution in [-0.2, 0) is 9.84 Å². The minimum atomic E-state index is -3.46. The van der Waals surface area contributed by atoms with Crippen LogP contribution in [0.15, 0.2) is 29.3 Å². The first-order valence-electron chi connectivity index (χ1n) is 10.8. The normalized spacial score (nSPS) is 15.1. The second-order valence-corrected chi connectivity index (χ2v) is 12.5. The van der Waals surface area contributed by atoms with Gasteiger partial charge in [-0.05, 0) is 32.0 Å². The molecule has 1 fully saturated rings. The number of benzene rings is 1. The van der Waals surface area contributed by atoms with Gasteiger partial charge in [0.2, 0.25) is 0 Å². The number of ketones is 1. The van der Waals surface area contributed by atoms with E-state index in [1.165, 1.54) is 23.5 Å². The zero-order chi connectivity index (χ0) is 24.6. The highest BCUT2D eigenvalue weighted by Gasteiger charge is 2.29. The van der Waals surface area contributed by atoms with Gasteiger partial charge in [0, 0.05) is 37.8 Å². The third-order valence-corrected chi connectivity index (χ3v) is 7.38. The van der Waals surface area contributed by atoms with Gasteiger partial charge in [0.05, 0.1) is 27.6 Å². The van der Waals surface area contributed by atoms with E-state index < -0.39 is 15.3 Å². The van der Waals surface area contributed by atoms with Crippen molar-refractivity contribution in [3.63, 3.8) is 0 Å². The molecule has 1 amide bonds. The molecule has 0 N–H and O–H groups in total. The molecule has 0 bridgehead atoms. The Balaban J connectivity index is 1.75. The van der Waals surface area contributed by atoms with Crippen molar-refractivity contribution >= 4 is 38.0 Å². The predicted octanol–water partition coefficient (Wildman–Crippen LogP) is 3.53. The number of rotatable bonds is 6. The molecule has 0 radical (unpaired) electrons. The van der Waals surface area contributed by atoms with Crippen LogP contribution in [-0.4, -0.2) is 68.5 Å². The Morgan fingerprint density at radius 2 is 1.76 bits per heavy atom. The third-order valence-electron chi connectivity index (χ3n) is 5.21. The molecule has 33 heavy (non-hydrogen) atoms. The Labute approximate surface area is 199 Å². The van der Waals surface area contributed by atoms with Gasteiger partial charge in [0.25, 0.3) is 5.91 Å². The van der Waals surface area contributed by atoms with Crippen LogP contribution in [0, 0.1) is 5.41 Å². The molecule has 1 aromatic heterocycles. The SMILES string of the molecule is CC(C)Oc1ccc(S(C)(=O)=O)cc1C(=O)N1CCN(c2ncc(C(=O)C(C)(C)C)s2)CC1. The lowest BCUT2D eigenvalue weighted by Crippen LogP contribution is -2.48. The number of sulfone groups is 1. The van der Waals surface area contributed by atoms with Crippen molar-refractivity contribution in [2.45, 2.75) is 45.6 Å². The first kappa shape index (κ1) is 25.2. The third kappa shape index (κ3) is 5.92. The van der Waals surface area contributed by atoms with Gasteiger partial charge in [-0.25, -0.2) is 13.4 Å². The largest absolute Gasteiger partial charge is 0.490 e. The maximum atomic E-state index is 13.3. The fraction of sp³-hybridized carbons (Fsp3) is 0.522. The maximum Gasteiger partial charge on any atom is 0.257 e. The van der Waals surface area contributed by atoms with Crippen LogP contribution in [0.2, 0.25) is 0 Å². The van der Waals surface area contributed by atoms with E-state index in [-0.39, 0.29) is 28.3 Å². The van der Waals surface area contributed by atoms with Crippen LogP contribution in [0.1, 0.15) is 54.6 Å². The fourth-order valence-corrected chi connectivity index (χ4v) is 5.19. The van der Waals surface area contributed by atoms with Crippen LogP contribution in [0.5, 0.6) is 5.75 Å². The zero-order valence-electron chi connectivity index (χ0n) is 19.9. The average molecular weight is 494 g/mol. The molecule has 0 aliphatic carbocycles. The van der Waals surface area contributed by atoms with Crippen LogP contribution < -0.4 is 9.64 Å². The lowest BCUT2D eigenvalue weighted by molar-refractivity contribution is 0.0740. The standard InChI is InChI=1S/C23H31N3O5S2/c1-15(2)31-18-8-7-16(33(6,29)30)13-17(18)21(28)25-9-11-26(12-10-25)22-24-14-19(32-22)20(27)23(3,4)5/h7-8,13-15H,9-12H2,1-6H3. The maximum absolute atomic E-state index is 13.3. The number of thiazole rings is 1. The molecule has 0 spiro atoms. The Hall–Kier alpha value is -2.46. The minimum absolute atomic E-state index is 0.0588. The number of aromatic nitrogens is 1. The molecule has 180 valence electrons. The summed E-state index contributed by atoms with van der Waals surface area (Å²) in [7, 11) is -3.46. The van der Waals surface area contributed by atoms with Gasteiger partial charge in [-0.3, -0.25) is 9.59 Å². The molecular weight excluding hydrogens is 462 g/mol. The number of ether oxygens (including phenoxy) is 1. The van der Waals surface area contributed by atoms with Crippen LogP contribution in [0.4, 0.5) is 5.13 Å². The summed E-state index contributed by atoms with van der Waals surface area (Å²) in [5, 5.41) is 0.762. The number of carbonyl (C=O) groups is 2. The van der Waals surface area contributed by atoms with Crippen molar-refractivity contribution in [3.8, 4) is 5.75 Å². The van der Waals surface area contributed by atoms with Crippen molar-refractivity contribution < 1.29 is 22.7 Å². The number of piperazine rings is 1. The fourth-order valence-electron chi connectivity index (χ4n) is 3.42. The highest BCUT2D eigenvalue weighted by Crippen LogP contribution is 2.30. The van der Waals surface area contributed by atoms with Crippen LogP contribution in [0.3, 0.4) is 0 Å². The number of amides is 1. The molecule has 1 aliphatic heterocycles. The van der Waals surface area contributed by atoms with Crippen molar-refractivity contribution in [2.75, 3.05) is 37.3 Å². The number of carbonyl (C=O) groups excluding carboxylic acids is 2. The first-order valence-corrected chi connectivity index (χ1v) is 13.5. The summed E-state index contributed by atoms with van der Waals surface area (Å²) in [6.45, 7) is 11.4. The van der Waals surface area contributed by atoms with Crippen LogP contribution in [0.25, 0.3) is 0 Å². The topological polar surface area (TPSA) is 96.9 Å². The summed E-state index contributed by atoms with van der Waals surface area (Å²) in [6, 6.07) is 4.40. The molecule has 2 heterocycles. The first-order chi connectivity index (χ1) is 15.3. The second kappa shape index (κ2) is 9.42.